The predicted molar refractivity (Wildman–Crippen MR) is 97.6 cm³/mol. The van der Waals surface area contributed by atoms with Gasteiger partial charge in [0.1, 0.15) is 6.61 Å². The molecule has 0 aliphatic carbocycles. The van der Waals surface area contributed by atoms with Gasteiger partial charge in [-0.05, 0) is 30.2 Å². The summed E-state index contributed by atoms with van der Waals surface area (Å²) in [5.41, 5.74) is 1.12. The summed E-state index contributed by atoms with van der Waals surface area (Å²) in [5.74, 6) is 0.387. The standard InChI is InChI=1S/C19H20N4O4/c1-19(2,21-17(24)14-9-10-20-15(11-14)25-3)12-26-18-16(22-27-23-18)13-7-5-4-6-8-13/h4-11H,12H2,1-3H3,(H,21,24). The van der Waals surface area contributed by atoms with Gasteiger partial charge in [-0.15, -0.1) is 0 Å². The molecule has 8 heteroatoms. The van der Waals surface area contributed by atoms with Crippen molar-refractivity contribution in [2.75, 3.05) is 13.7 Å². The summed E-state index contributed by atoms with van der Waals surface area (Å²) in [6.07, 6.45) is 1.52. The van der Waals surface area contributed by atoms with Crippen molar-refractivity contribution in [1.29, 1.82) is 0 Å². The van der Waals surface area contributed by atoms with E-state index < -0.39 is 5.54 Å². The van der Waals surface area contributed by atoms with Crippen LogP contribution in [0.3, 0.4) is 0 Å². The number of methoxy groups -OCH3 is 1. The van der Waals surface area contributed by atoms with Crippen molar-refractivity contribution in [2.24, 2.45) is 0 Å². The van der Waals surface area contributed by atoms with Gasteiger partial charge in [-0.2, -0.15) is 0 Å². The second kappa shape index (κ2) is 7.86. The molecule has 1 amide bonds. The molecule has 3 aromatic rings. The maximum absolute atomic E-state index is 12.5. The monoisotopic (exact) mass is 368 g/mol. The number of carbonyl (C=O) groups excluding carboxylic acids is 1. The highest BCUT2D eigenvalue weighted by atomic mass is 16.6. The van der Waals surface area contributed by atoms with E-state index in [4.69, 9.17) is 14.1 Å². The van der Waals surface area contributed by atoms with Crippen LogP contribution < -0.4 is 14.8 Å². The first kappa shape index (κ1) is 18.4. The first-order valence-corrected chi connectivity index (χ1v) is 8.32. The Balaban J connectivity index is 1.65. The van der Waals surface area contributed by atoms with Gasteiger partial charge >= 0.3 is 0 Å². The molecule has 0 aliphatic heterocycles. The fourth-order valence-corrected chi connectivity index (χ4v) is 2.37. The second-order valence-corrected chi connectivity index (χ2v) is 6.50. The number of rotatable bonds is 7. The minimum Gasteiger partial charge on any atom is -0.481 e. The molecule has 0 radical (unpaired) electrons. The molecule has 0 saturated carbocycles. The molecule has 0 fully saturated rings. The quantitative estimate of drug-likeness (QED) is 0.684. The fraction of sp³-hybridized carbons (Fsp3) is 0.263. The summed E-state index contributed by atoms with van der Waals surface area (Å²) in [4.78, 5) is 16.5. The molecule has 1 aromatic carbocycles. The maximum Gasteiger partial charge on any atom is 0.284 e. The number of aromatic nitrogens is 3. The van der Waals surface area contributed by atoms with E-state index in [1.54, 1.807) is 12.1 Å². The Labute approximate surface area is 156 Å². The maximum atomic E-state index is 12.5. The number of hydrogen-bond acceptors (Lipinski definition) is 7. The van der Waals surface area contributed by atoms with Crippen LogP contribution in [0.25, 0.3) is 11.3 Å². The molecule has 0 saturated heterocycles. The third kappa shape index (κ3) is 4.60. The van der Waals surface area contributed by atoms with Crippen LogP contribution in [0.2, 0.25) is 0 Å². The summed E-state index contributed by atoms with van der Waals surface area (Å²) in [5, 5.41) is 10.6. The smallest absolute Gasteiger partial charge is 0.284 e. The fourth-order valence-electron chi connectivity index (χ4n) is 2.37. The number of ether oxygens (including phenoxy) is 2. The van der Waals surface area contributed by atoms with Gasteiger partial charge in [0.2, 0.25) is 5.88 Å². The topological polar surface area (TPSA) is 99.4 Å². The zero-order valence-corrected chi connectivity index (χ0v) is 15.3. The van der Waals surface area contributed by atoms with E-state index in [0.29, 0.717) is 17.1 Å². The van der Waals surface area contributed by atoms with Gasteiger partial charge in [0.15, 0.2) is 5.69 Å². The van der Waals surface area contributed by atoms with Gasteiger partial charge in [0.25, 0.3) is 11.8 Å². The SMILES string of the molecule is COc1cc(C(=O)NC(C)(C)COc2nonc2-c2ccccc2)ccn1. The summed E-state index contributed by atoms with van der Waals surface area (Å²) in [6, 6.07) is 12.6. The van der Waals surface area contributed by atoms with E-state index in [1.807, 2.05) is 44.2 Å². The summed E-state index contributed by atoms with van der Waals surface area (Å²) in [7, 11) is 1.50. The molecular weight excluding hydrogens is 348 g/mol. The van der Waals surface area contributed by atoms with Crippen LogP contribution in [0, 0.1) is 0 Å². The molecule has 0 bridgehead atoms. The third-order valence-corrected chi connectivity index (χ3v) is 3.73. The Kier molecular flexibility index (Phi) is 5.35. The van der Waals surface area contributed by atoms with Crippen molar-refractivity contribution in [3.05, 3.63) is 54.2 Å². The normalized spacial score (nSPS) is 11.1. The Bertz CT molecular complexity index is 909. The second-order valence-electron chi connectivity index (χ2n) is 6.50. The minimum atomic E-state index is -0.666. The molecule has 2 heterocycles. The average Bonchev–Trinajstić information content (AvgIpc) is 3.15. The van der Waals surface area contributed by atoms with Gasteiger partial charge in [-0.1, -0.05) is 30.3 Å². The van der Waals surface area contributed by atoms with Crippen molar-refractivity contribution >= 4 is 5.91 Å². The highest BCUT2D eigenvalue weighted by molar-refractivity contribution is 5.94. The van der Waals surface area contributed by atoms with E-state index in [1.165, 1.54) is 13.3 Å². The Morgan fingerprint density at radius 3 is 2.70 bits per heavy atom. The summed E-state index contributed by atoms with van der Waals surface area (Å²) >= 11 is 0. The average molecular weight is 368 g/mol. The number of nitrogens with zero attached hydrogens (tertiary/aromatic N) is 3. The number of benzene rings is 1. The predicted octanol–water partition coefficient (Wildman–Crippen LogP) is 2.73. The molecule has 140 valence electrons. The van der Waals surface area contributed by atoms with Gasteiger partial charge in [-0.3, -0.25) is 4.79 Å². The van der Waals surface area contributed by atoms with Crippen LogP contribution in [0.1, 0.15) is 24.2 Å². The minimum absolute atomic E-state index is 0.176. The number of amides is 1. The van der Waals surface area contributed by atoms with E-state index in [9.17, 15) is 4.79 Å². The van der Waals surface area contributed by atoms with Crippen LogP contribution in [0.15, 0.2) is 53.3 Å². The van der Waals surface area contributed by atoms with Crippen LogP contribution in [-0.4, -0.2) is 40.5 Å². The highest BCUT2D eigenvalue weighted by Crippen LogP contribution is 2.26. The van der Waals surface area contributed by atoms with Crippen LogP contribution in [0.4, 0.5) is 0 Å². The lowest BCUT2D eigenvalue weighted by atomic mass is 10.1. The highest BCUT2D eigenvalue weighted by Gasteiger charge is 2.24. The lowest BCUT2D eigenvalue weighted by molar-refractivity contribution is 0.0876. The van der Waals surface area contributed by atoms with Crippen molar-refractivity contribution in [3.63, 3.8) is 0 Å². The Morgan fingerprint density at radius 2 is 1.96 bits per heavy atom. The summed E-state index contributed by atoms with van der Waals surface area (Å²) in [6.45, 7) is 3.87. The van der Waals surface area contributed by atoms with Crippen LogP contribution in [0.5, 0.6) is 11.8 Å². The first-order valence-electron chi connectivity index (χ1n) is 8.32. The molecule has 8 nitrogen and oxygen atoms in total. The van der Waals surface area contributed by atoms with Gasteiger partial charge in [0, 0.05) is 23.4 Å². The van der Waals surface area contributed by atoms with Gasteiger partial charge in [0.05, 0.1) is 12.6 Å². The van der Waals surface area contributed by atoms with E-state index >= 15 is 0 Å². The van der Waals surface area contributed by atoms with E-state index in [2.05, 4.69) is 20.6 Å². The zero-order valence-electron chi connectivity index (χ0n) is 15.3. The van der Waals surface area contributed by atoms with Crippen molar-refractivity contribution in [2.45, 2.75) is 19.4 Å². The van der Waals surface area contributed by atoms with Crippen LogP contribution in [-0.2, 0) is 0 Å². The molecule has 27 heavy (non-hydrogen) atoms. The van der Waals surface area contributed by atoms with Crippen LogP contribution >= 0.6 is 0 Å². The number of hydrogen-bond donors (Lipinski definition) is 1. The first-order chi connectivity index (χ1) is 13.0. The molecule has 0 aliphatic rings. The van der Waals surface area contributed by atoms with Gasteiger partial charge in [-0.25, -0.2) is 9.61 Å². The van der Waals surface area contributed by atoms with Crippen molar-refractivity contribution in [1.82, 2.24) is 20.6 Å². The zero-order chi connectivity index (χ0) is 19.3. The number of pyridine rings is 1. The Hall–Kier alpha value is -3.42. The molecular formula is C19H20N4O4. The third-order valence-electron chi connectivity index (χ3n) is 3.73. The molecule has 1 N–H and O–H groups in total. The van der Waals surface area contributed by atoms with E-state index in [-0.39, 0.29) is 18.4 Å². The largest absolute Gasteiger partial charge is 0.481 e. The molecule has 0 spiro atoms. The van der Waals surface area contributed by atoms with Crippen molar-refractivity contribution < 1.29 is 18.9 Å². The summed E-state index contributed by atoms with van der Waals surface area (Å²) < 4.78 is 15.6. The molecule has 0 unspecified atom stereocenters. The lowest BCUT2D eigenvalue weighted by Crippen LogP contribution is -2.47. The molecule has 3 rings (SSSR count). The molecule has 0 atom stereocenters. The Morgan fingerprint density at radius 1 is 1.19 bits per heavy atom. The molecule has 2 aromatic heterocycles. The van der Waals surface area contributed by atoms with E-state index in [0.717, 1.165) is 5.56 Å². The number of nitrogens with one attached hydrogen (secondary N) is 1. The lowest BCUT2D eigenvalue weighted by Gasteiger charge is -2.25. The van der Waals surface area contributed by atoms with Gasteiger partial charge < -0.3 is 14.8 Å². The van der Waals surface area contributed by atoms with Crippen molar-refractivity contribution in [3.8, 4) is 23.0 Å². The number of carbonyl (C=O) groups is 1.